The molecule has 1 amide bonds. The molecule has 0 fully saturated rings. The number of carbonyl (C=O) groups is 2. The van der Waals surface area contributed by atoms with Crippen LogP contribution in [0.25, 0.3) is 6.08 Å². The fourth-order valence-electron chi connectivity index (χ4n) is 1.94. The van der Waals surface area contributed by atoms with E-state index in [4.69, 9.17) is 28.9 Å². The third-order valence-electron chi connectivity index (χ3n) is 3.27. The standard InChI is InChI=1S/C18H15ClN2O3S/c1-11-2-6-13(17(23)24)10-15(11)20-18(25)21-16(22)9-5-12-3-7-14(19)8-4-12/h2-10H,1H3,(H,23,24)(H2,20,21,22,25). The molecule has 2 aromatic carbocycles. The third kappa shape index (κ3) is 5.70. The SMILES string of the molecule is Cc1ccc(C(=O)O)cc1NC(=S)NC(=O)C=Cc1ccc(Cl)cc1. The molecule has 0 spiro atoms. The molecule has 5 nitrogen and oxygen atoms in total. The maximum Gasteiger partial charge on any atom is 0.335 e. The zero-order valence-corrected chi connectivity index (χ0v) is 14.8. The summed E-state index contributed by atoms with van der Waals surface area (Å²) in [7, 11) is 0. The van der Waals surface area contributed by atoms with E-state index in [2.05, 4.69) is 10.6 Å². The second kappa shape index (κ2) is 8.41. The van der Waals surface area contributed by atoms with Crippen molar-refractivity contribution >= 4 is 52.6 Å². The Morgan fingerprint density at radius 2 is 1.84 bits per heavy atom. The minimum absolute atomic E-state index is 0.0800. The number of nitrogens with one attached hydrogen (secondary N) is 2. The Balaban J connectivity index is 1.97. The second-order valence-electron chi connectivity index (χ2n) is 5.16. The summed E-state index contributed by atoms with van der Waals surface area (Å²) >= 11 is 10.9. The highest BCUT2D eigenvalue weighted by Crippen LogP contribution is 2.17. The molecule has 0 aliphatic carbocycles. The van der Waals surface area contributed by atoms with Crippen LogP contribution in [0.1, 0.15) is 21.5 Å². The van der Waals surface area contributed by atoms with E-state index >= 15 is 0 Å². The summed E-state index contributed by atoms with van der Waals surface area (Å²) in [6, 6.07) is 11.6. The van der Waals surface area contributed by atoms with Gasteiger partial charge in [-0.1, -0.05) is 29.8 Å². The predicted octanol–water partition coefficient (Wildman–Crippen LogP) is 3.87. The predicted molar refractivity (Wildman–Crippen MR) is 103 cm³/mol. The zero-order valence-electron chi connectivity index (χ0n) is 13.2. The van der Waals surface area contributed by atoms with Crippen molar-refractivity contribution in [3.63, 3.8) is 0 Å². The van der Waals surface area contributed by atoms with Crippen molar-refractivity contribution < 1.29 is 14.7 Å². The number of amides is 1. The molecule has 0 saturated carbocycles. The molecule has 0 radical (unpaired) electrons. The van der Waals surface area contributed by atoms with Gasteiger partial charge in [-0.25, -0.2) is 4.79 Å². The van der Waals surface area contributed by atoms with Crippen LogP contribution < -0.4 is 10.6 Å². The summed E-state index contributed by atoms with van der Waals surface area (Å²) in [5.74, 6) is -1.44. The lowest BCUT2D eigenvalue weighted by molar-refractivity contribution is -0.115. The number of benzene rings is 2. The monoisotopic (exact) mass is 374 g/mol. The number of anilines is 1. The first-order valence-corrected chi connectivity index (χ1v) is 8.03. The van der Waals surface area contributed by atoms with E-state index in [0.29, 0.717) is 10.7 Å². The number of aromatic carboxylic acids is 1. The van der Waals surface area contributed by atoms with Gasteiger partial charge in [-0.2, -0.15) is 0 Å². The lowest BCUT2D eigenvalue weighted by atomic mass is 10.1. The first-order valence-electron chi connectivity index (χ1n) is 7.25. The highest BCUT2D eigenvalue weighted by Gasteiger charge is 2.08. The van der Waals surface area contributed by atoms with Crippen molar-refractivity contribution in [2.75, 3.05) is 5.32 Å². The van der Waals surface area contributed by atoms with Gasteiger partial charge in [0.15, 0.2) is 5.11 Å². The molecule has 2 rings (SSSR count). The molecule has 0 atom stereocenters. The quantitative estimate of drug-likeness (QED) is 0.559. The molecule has 25 heavy (non-hydrogen) atoms. The highest BCUT2D eigenvalue weighted by atomic mass is 35.5. The molecular weight excluding hydrogens is 360 g/mol. The molecule has 0 aromatic heterocycles. The summed E-state index contributed by atoms with van der Waals surface area (Å²) in [4.78, 5) is 22.9. The fourth-order valence-corrected chi connectivity index (χ4v) is 2.28. The minimum Gasteiger partial charge on any atom is -0.478 e. The van der Waals surface area contributed by atoms with Crippen molar-refractivity contribution in [1.29, 1.82) is 0 Å². The van der Waals surface area contributed by atoms with Gasteiger partial charge in [-0.15, -0.1) is 0 Å². The van der Waals surface area contributed by atoms with Crippen LogP contribution in [0.3, 0.4) is 0 Å². The summed E-state index contributed by atoms with van der Waals surface area (Å²) in [6.07, 6.45) is 2.97. The molecule has 2 aromatic rings. The minimum atomic E-state index is -1.04. The van der Waals surface area contributed by atoms with Crippen LogP contribution in [-0.2, 0) is 4.79 Å². The maximum atomic E-state index is 11.9. The van der Waals surface area contributed by atoms with Gasteiger partial charge >= 0.3 is 5.97 Å². The Morgan fingerprint density at radius 1 is 1.16 bits per heavy atom. The van der Waals surface area contributed by atoms with E-state index in [1.54, 1.807) is 43.3 Å². The van der Waals surface area contributed by atoms with Gasteiger partial charge in [0, 0.05) is 16.8 Å². The van der Waals surface area contributed by atoms with Gasteiger partial charge in [-0.05, 0) is 60.6 Å². The highest BCUT2D eigenvalue weighted by molar-refractivity contribution is 7.80. The average molecular weight is 375 g/mol. The number of halogens is 1. The van der Waals surface area contributed by atoms with E-state index < -0.39 is 11.9 Å². The number of carbonyl (C=O) groups excluding carboxylic acids is 1. The van der Waals surface area contributed by atoms with Crippen molar-refractivity contribution in [2.24, 2.45) is 0 Å². The van der Waals surface area contributed by atoms with Crippen LogP contribution in [-0.4, -0.2) is 22.1 Å². The first-order chi connectivity index (χ1) is 11.8. The first kappa shape index (κ1) is 18.6. The molecular formula is C18H15ClN2O3S. The smallest absolute Gasteiger partial charge is 0.335 e. The number of rotatable bonds is 4. The Morgan fingerprint density at radius 3 is 2.48 bits per heavy atom. The van der Waals surface area contributed by atoms with Crippen molar-refractivity contribution in [3.05, 3.63) is 70.3 Å². The van der Waals surface area contributed by atoms with Crippen molar-refractivity contribution in [3.8, 4) is 0 Å². The number of hydrogen-bond donors (Lipinski definition) is 3. The molecule has 128 valence electrons. The molecule has 0 heterocycles. The molecule has 3 N–H and O–H groups in total. The Bertz CT molecular complexity index is 848. The lowest BCUT2D eigenvalue weighted by Gasteiger charge is -2.11. The van der Waals surface area contributed by atoms with E-state index in [-0.39, 0.29) is 10.7 Å². The normalized spacial score (nSPS) is 10.5. The average Bonchev–Trinajstić information content (AvgIpc) is 2.56. The fraction of sp³-hybridized carbons (Fsp3) is 0.0556. The van der Waals surface area contributed by atoms with Gasteiger partial charge in [-0.3, -0.25) is 10.1 Å². The van der Waals surface area contributed by atoms with Gasteiger partial charge in [0.2, 0.25) is 5.91 Å². The third-order valence-corrected chi connectivity index (χ3v) is 3.72. The number of aryl methyl sites for hydroxylation is 1. The summed E-state index contributed by atoms with van der Waals surface area (Å²) in [6.45, 7) is 1.80. The number of hydrogen-bond acceptors (Lipinski definition) is 3. The topological polar surface area (TPSA) is 78.4 Å². The number of thiocarbonyl (C=S) groups is 1. The molecule has 0 saturated heterocycles. The van der Waals surface area contributed by atoms with Crippen LogP contribution in [0.15, 0.2) is 48.5 Å². The number of carboxylic acids is 1. The van der Waals surface area contributed by atoms with Crippen LogP contribution in [0.5, 0.6) is 0 Å². The van der Waals surface area contributed by atoms with Crippen LogP contribution >= 0.6 is 23.8 Å². The summed E-state index contributed by atoms with van der Waals surface area (Å²) < 4.78 is 0. The summed E-state index contributed by atoms with van der Waals surface area (Å²) in [5.41, 5.74) is 2.28. The van der Waals surface area contributed by atoms with E-state index in [0.717, 1.165) is 11.1 Å². The molecule has 0 unspecified atom stereocenters. The molecule has 0 aliphatic rings. The van der Waals surface area contributed by atoms with Crippen LogP contribution in [0.4, 0.5) is 5.69 Å². The lowest BCUT2D eigenvalue weighted by Crippen LogP contribution is -2.33. The summed E-state index contributed by atoms with van der Waals surface area (Å²) in [5, 5.41) is 15.1. The maximum absolute atomic E-state index is 11.9. The van der Waals surface area contributed by atoms with Gasteiger partial charge < -0.3 is 10.4 Å². The molecule has 0 bridgehead atoms. The van der Waals surface area contributed by atoms with Gasteiger partial charge in [0.25, 0.3) is 0 Å². The zero-order chi connectivity index (χ0) is 18.4. The molecule has 0 aliphatic heterocycles. The largest absolute Gasteiger partial charge is 0.478 e. The van der Waals surface area contributed by atoms with Crippen molar-refractivity contribution in [2.45, 2.75) is 6.92 Å². The van der Waals surface area contributed by atoms with E-state index in [1.807, 2.05) is 0 Å². The number of carboxylic acid groups (broad SMARTS) is 1. The van der Waals surface area contributed by atoms with E-state index in [9.17, 15) is 9.59 Å². The molecule has 7 heteroatoms. The van der Waals surface area contributed by atoms with Crippen LogP contribution in [0.2, 0.25) is 5.02 Å². The van der Waals surface area contributed by atoms with Crippen LogP contribution in [0, 0.1) is 6.92 Å². The van der Waals surface area contributed by atoms with Gasteiger partial charge in [0.05, 0.1) is 5.56 Å². The second-order valence-corrected chi connectivity index (χ2v) is 6.01. The van der Waals surface area contributed by atoms with Crippen molar-refractivity contribution in [1.82, 2.24) is 5.32 Å². The Kier molecular flexibility index (Phi) is 6.27. The van der Waals surface area contributed by atoms with Gasteiger partial charge in [0.1, 0.15) is 0 Å². The Hall–Kier alpha value is -2.70. The van der Waals surface area contributed by atoms with E-state index in [1.165, 1.54) is 18.2 Å². The Labute approximate surface area is 155 Å².